The van der Waals surface area contributed by atoms with Crippen LogP contribution in [0.2, 0.25) is 0 Å². The van der Waals surface area contributed by atoms with E-state index in [1.165, 1.54) is 0 Å². The van der Waals surface area contributed by atoms with Crippen molar-refractivity contribution in [1.82, 2.24) is 0 Å². The molecule has 2 aliphatic rings. The van der Waals surface area contributed by atoms with Crippen molar-refractivity contribution in [1.29, 1.82) is 0 Å². The van der Waals surface area contributed by atoms with Crippen LogP contribution in [0.4, 0.5) is 0 Å². The summed E-state index contributed by atoms with van der Waals surface area (Å²) >= 11 is 0. The van der Waals surface area contributed by atoms with Gasteiger partial charge in [-0.15, -0.1) is 0 Å². The molecule has 0 unspecified atom stereocenters. The molecule has 0 radical (unpaired) electrons. The summed E-state index contributed by atoms with van der Waals surface area (Å²) in [5.74, 6) is 0.355. The molecule has 1 saturated heterocycles. The number of carbonyl (C=O) groups is 1. The van der Waals surface area contributed by atoms with Gasteiger partial charge in [-0.2, -0.15) is 0 Å². The largest absolute Gasteiger partial charge is 0.463 e. The van der Waals surface area contributed by atoms with Gasteiger partial charge in [-0.05, 0) is 38.2 Å². The average Bonchev–Trinajstić information content (AvgIpc) is 2.76. The maximum atomic E-state index is 11.3. The van der Waals surface area contributed by atoms with E-state index in [1.807, 2.05) is 6.92 Å². The summed E-state index contributed by atoms with van der Waals surface area (Å²) in [6.45, 7) is 6.56. The van der Waals surface area contributed by atoms with Gasteiger partial charge in [0, 0.05) is 6.08 Å². The molecule has 1 aliphatic carbocycles. The molecule has 15 heavy (non-hydrogen) atoms. The third kappa shape index (κ3) is 2.07. The Labute approximate surface area is 90.4 Å². The molecular weight excluding hydrogens is 192 g/mol. The predicted octanol–water partition coefficient (Wildman–Crippen LogP) is 2.06. The van der Waals surface area contributed by atoms with Crippen molar-refractivity contribution in [2.75, 3.05) is 6.61 Å². The topological polar surface area (TPSA) is 38.8 Å². The van der Waals surface area contributed by atoms with Gasteiger partial charge in [-0.3, -0.25) is 0 Å². The zero-order valence-electron chi connectivity index (χ0n) is 9.58. The molecule has 1 saturated carbocycles. The van der Waals surface area contributed by atoms with Gasteiger partial charge in [0.2, 0.25) is 0 Å². The minimum absolute atomic E-state index is 0.00397. The highest BCUT2D eigenvalue weighted by molar-refractivity contribution is 5.83. The highest BCUT2D eigenvalue weighted by Crippen LogP contribution is 2.51. The number of fused-ring (bicyclic) bond motifs is 1. The van der Waals surface area contributed by atoms with Crippen LogP contribution in [0.1, 0.15) is 33.6 Å². The molecule has 84 valence electrons. The van der Waals surface area contributed by atoms with Gasteiger partial charge in [0.15, 0.2) is 0 Å². The molecule has 0 spiro atoms. The number of ether oxygens (including phenoxy) is 2. The van der Waals surface area contributed by atoms with Crippen molar-refractivity contribution in [2.45, 2.75) is 45.3 Å². The fourth-order valence-corrected chi connectivity index (χ4v) is 2.60. The first-order chi connectivity index (χ1) is 7.05. The lowest BCUT2D eigenvalue weighted by molar-refractivity contribution is -0.137. The molecule has 0 aromatic heterocycles. The van der Waals surface area contributed by atoms with Crippen LogP contribution in [0.15, 0.2) is 11.6 Å². The van der Waals surface area contributed by atoms with E-state index in [0.29, 0.717) is 12.5 Å². The smallest absolute Gasteiger partial charge is 0.330 e. The molecule has 3 heteroatoms. The highest BCUT2D eigenvalue weighted by Gasteiger charge is 2.57. The van der Waals surface area contributed by atoms with Gasteiger partial charge in [0.1, 0.15) is 6.10 Å². The third-order valence-corrected chi connectivity index (χ3v) is 3.15. The molecule has 0 aromatic rings. The van der Waals surface area contributed by atoms with Crippen LogP contribution in [-0.4, -0.2) is 24.3 Å². The summed E-state index contributed by atoms with van der Waals surface area (Å²) in [6.07, 6.45) is 3.84. The van der Waals surface area contributed by atoms with Crippen LogP contribution in [0.5, 0.6) is 0 Å². The molecular formula is C12H18O3. The molecule has 0 aromatic carbocycles. The summed E-state index contributed by atoms with van der Waals surface area (Å²) in [7, 11) is 0. The number of carbonyl (C=O) groups excluding carboxylic acids is 1. The van der Waals surface area contributed by atoms with Crippen LogP contribution in [-0.2, 0) is 14.3 Å². The summed E-state index contributed by atoms with van der Waals surface area (Å²) in [6, 6.07) is 0. The first-order valence-electron chi connectivity index (χ1n) is 5.60. The van der Waals surface area contributed by atoms with E-state index >= 15 is 0 Å². The second-order valence-electron chi connectivity index (χ2n) is 4.80. The molecule has 1 heterocycles. The standard InChI is InChI=1S/C12H18O3/c1-4-14-10(13)6-9-5-8(2)7-12(3)11(9)15-12/h6,8,11H,4-5,7H2,1-3H3/b9-6-/t8-,11+,12-/m0/s1. The third-order valence-electron chi connectivity index (χ3n) is 3.15. The zero-order valence-corrected chi connectivity index (χ0v) is 9.58. The van der Waals surface area contributed by atoms with Gasteiger partial charge >= 0.3 is 5.97 Å². The van der Waals surface area contributed by atoms with E-state index in [0.717, 1.165) is 18.4 Å². The van der Waals surface area contributed by atoms with E-state index in [9.17, 15) is 4.79 Å². The highest BCUT2D eigenvalue weighted by atomic mass is 16.6. The van der Waals surface area contributed by atoms with Gasteiger partial charge < -0.3 is 9.47 Å². The van der Waals surface area contributed by atoms with E-state index in [4.69, 9.17) is 9.47 Å². The quantitative estimate of drug-likeness (QED) is 0.398. The molecule has 0 N–H and O–H groups in total. The normalized spacial score (nSPS) is 41.1. The molecule has 2 fully saturated rings. The average molecular weight is 210 g/mol. The Balaban J connectivity index is 2.06. The van der Waals surface area contributed by atoms with Crippen molar-refractivity contribution in [2.24, 2.45) is 5.92 Å². The molecule has 0 amide bonds. The molecule has 3 atom stereocenters. The summed E-state index contributed by atoms with van der Waals surface area (Å²) < 4.78 is 10.6. The fourth-order valence-electron chi connectivity index (χ4n) is 2.60. The lowest BCUT2D eigenvalue weighted by Crippen LogP contribution is -2.23. The Morgan fingerprint density at radius 3 is 3.13 bits per heavy atom. The SMILES string of the molecule is CCOC(=O)/C=C1/C[C@H](C)C[C@]2(C)O[C@H]12. The fraction of sp³-hybridized carbons (Fsp3) is 0.750. The second-order valence-corrected chi connectivity index (χ2v) is 4.80. The summed E-state index contributed by atoms with van der Waals surface area (Å²) in [5, 5.41) is 0. The van der Waals surface area contributed by atoms with E-state index < -0.39 is 0 Å². The Hall–Kier alpha value is -0.830. The molecule has 2 rings (SSSR count). The van der Waals surface area contributed by atoms with Crippen LogP contribution < -0.4 is 0 Å². The van der Waals surface area contributed by atoms with Crippen LogP contribution >= 0.6 is 0 Å². The van der Waals surface area contributed by atoms with Crippen LogP contribution in [0.3, 0.4) is 0 Å². The number of hydrogen-bond acceptors (Lipinski definition) is 3. The monoisotopic (exact) mass is 210 g/mol. The van der Waals surface area contributed by atoms with Gasteiger partial charge in [0.25, 0.3) is 0 Å². The lowest BCUT2D eigenvalue weighted by Gasteiger charge is -2.21. The molecule has 1 aliphatic heterocycles. The Morgan fingerprint density at radius 1 is 1.73 bits per heavy atom. The first kappa shape index (κ1) is 10.7. The summed E-state index contributed by atoms with van der Waals surface area (Å²) in [4.78, 5) is 11.3. The van der Waals surface area contributed by atoms with Crippen molar-refractivity contribution >= 4 is 5.97 Å². The van der Waals surface area contributed by atoms with E-state index in [-0.39, 0.29) is 17.7 Å². The van der Waals surface area contributed by atoms with E-state index in [2.05, 4.69) is 13.8 Å². The zero-order chi connectivity index (χ0) is 11.1. The minimum atomic E-state index is -0.237. The molecule has 0 bridgehead atoms. The minimum Gasteiger partial charge on any atom is -0.463 e. The van der Waals surface area contributed by atoms with E-state index in [1.54, 1.807) is 6.08 Å². The van der Waals surface area contributed by atoms with Crippen molar-refractivity contribution in [3.63, 3.8) is 0 Å². The van der Waals surface area contributed by atoms with Gasteiger partial charge in [-0.1, -0.05) is 6.92 Å². The first-order valence-corrected chi connectivity index (χ1v) is 5.60. The Kier molecular flexibility index (Phi) is 2.59. The summed E-state index contributed by atoms with van der Waals surface area (Å²) in [5.41, 5.74) is 1.10. The number of epoxide rings is 1. The Bertz CT molecular complexity index is 308. The molecule has 3 nitrogen and oxygen atoms in total. The number of esters is 1. The van der Waals surface area contributed by atoms with Crippen LogP contribution in [0.25, 0.3) is 0 Å². The number of rotatable bonds is 2. The maximum Gasteiger partial charge on any atom is 0.330 e. The van der Waals surface area contributed by atoms with Crippen molar-refractivity contribution < 1.29 is 14.3 Å². The van der Waals surface area contributed by atoms with Gasteiger partial charge in [-0.25, -0.2) is 4.79 Å². The van der Waals surface area contributed by atoms with Crippen LogP contribution in [0, 0.1) is 5.92 Å². The van der Waals surface area contributed by atoms with Gasteiger partial charge in [0.05, 0.1) is 12.2 Å². The predicted molar refractivity (Wildman–Crippen MR) is 56.4 cm³/mol. The van der Waals surface area contributed by atoms with Crippen molar-refractivity contribution in [3.05, 3.63) is 11.6 Å². The second kappa shape index (κ2) is 3.63. The lowest BCUT2D eigenvalue weighted by atomic mass is 9.80. The number of hydrogen-bond donors (Lipinski definition) is 0. The maximum absolute atomic E-state index is 11.3. The van der Waals surface area contributed by atoms with Crippen molar-refractivity contribution in [3.8, 4) is 0 Å². The Morgan fingerprint density at radius 2 is 2.47 bits per heavy atom.